The number of hydrogen-bond acceptors (Lipinski definition) is 6. The maximum atomic E-state index is 12.4. The van der Waals surface area contributed by atoms with Gasteiger partial charge in [0.2, 0.25) is 0 Å². The van der Waals surface area contributed by atoms with Crippen LogP contribution >= 0.6 is 11.3 Å². The number of ether oxygens (including phenoxy) is 3. The van der Waals surface area contributed by atoms with Crippen LogP contribution in [0.2, 0.25) is 0 Å². The van der Waals surface area contributed by atoms with E-state index in [0.717, 1.165) is 5.56 Å². The molecule has 3 aromatic rings. The minimum Gasteiger partial charge on any atom is -0.497 e. The van der Waals surface area contributed by atoms with Crippen molar-refractivity contribution in [2.75, 3.05) is 14.2 Å². The van der Waals surface area contributed by atoms with Crippen LogP contribution in [0.25, 0.3) is 6.08 Å². The molecular weight excluding hydrogens is 376 g/mol. The number of hydrogen-bond donors (Lipinski definition) is 0. The summed E-state index contributed by atoms with van der Waals surface area (Å²) in [6.07, 6.45) is 3.16. The number of ketones is 1. The van der Waals surface area contributed by atoms with Crippen LogP contribution in [0.1, 0.15) is 25.6 Å². The van der Waals surface area contributed by atoms with Crippen LogP contribution in [0.4, 0.5) is 0 Å². The Morgan fingerprint density at radius 2 is 1.68 bits per heavy atom. The van der Waals surface area contributed by atoms with Crippen LogP contribution < -0.4 is 14.2 Å². The van der Waals surface area contributed by atoms with E-state index in [9.17, 15) is 9.59 Å². The maximum Gasteiger partial charge on any atom is 0.353 e. The van der Waals surface area contributed by atoms with Crippen molar-refractivity contribution in [3.63, 3.8) is 0 Å². The van der Waals surface area contributed by atoms with Crippen molar-refractivity contribution in [1.82, 2.24) is 0 Å². The zero-order valence-corrected chi connectivity index (χ0v) is 16.2. The predicted molar refractivity (Wildman–Crippen MR) is 109 cm³/mol. The number of allylic oxidation sites excluding steroid dienone is 1. The Hall–Kier alpha value is -3.38. The standard InChI is InChI=1S/C22H18O5S/c1-25-18-11-7-16(20(14-18)26-2)8-12-19(23)15-5-9-17(10-6-15)27-22(24)21-4-3-13-28-21/h3-14H,1-2H3. The van der Waals surface area contributed by atoms with E-state index in [1.165, 1.54) is 17.4 Å². The SMILES string of the molecule is COc1ccc(C=CC(=O)c2ccc(OC(=O)c3cccs3)cc2)c(OC)c1. The van der Waals surface area contributed by atoms with Gasteiger partial charge in [-0.25, -0.2) is 4.79 Å². The molecule has 1 aromatic heterocycles. The lowest BCUT2D eigenvalue weighted by Gasteiger charge is -2.07. The molecule has 0 radical (unpaired) electrons. The summed E-state index contributed by atoms with van der Waals surface area (Å²) in [6.45, 7) is 0. The van der Waals surface area contributed by atoms with Crippen LogP contribution in [0.5, 0.6) is 17.2 Å². The van der Waals surface area contributed by atoms with E-state index < -0.39 is 5.97 Å². The van der Waals surface area contributed by atoms with Gasteiger partial charge in [0, 0.05) is 17.2 Å². The van der Waals surface area contributed by atoms with Gasteiger partial charge in [-0.1, -0.05) is 6.07 Å². The van der Waals surface area contributed by atoms with Gasteiger partial charge >= 0.3 is 5.97 Å². The van der Waals surface area contributed by atoms with Gasteiger partial charge in [-0.2, -0.15) is 0 Å². The molecule has 0 bridgehead atoms. The molecule has 6 heteroatoms. The van der Waals surface area contributed by atoms with Crippen LogP contribution in [0.15, 0.2) is 66.1 Å². The lowest BCUT2D eigenvalue weighted by atomic mass is 10.1. The van der Waals surface area contributed by atoms with Gasteiger partial charge in [0.25, 0.3) is 0 Å². The molecule has 1 heterocycles. The monoisotopic (exact) mass is 394 g/mol. The molecular formula is C22H18O5S. The second-order valence-electron chi connectivity index (χ2n) is 5.70. The summed E-state index contributed by atoms with van der Waals surface area (Å²) >= 11 is 1.31. The predicted octanol–water partition coefficient (Wildman–Crippen LogP) is 4.88. The molecule has 0 aliphatic carbocycles. The average molecular weight is 394 g/mol. The van der Waals surface area contributed by atoms with E-state index in [0.29, 0.717) is 27.7 Å². The Morgan fingerprint density at radius 3 is 2.32 bits per heavy atom. The highest BCUT2D eigenvalue weighted by Crippen LogP contribution is 2.26. The number of carbonyl (C=O) groups excluding carboxylic acids is 2. The van der Waals surface area contributed by atoms with Crippen LogP contribution in [0.3, 0.4) is 0 Å². The van der Waals surface area contributed by atoms with E-state index in [2.05, 4.69) is 0 Å². The number of carbonyl (C=O) groups is 2. The summed E-state index contributed by atoms with van der Waals surface area (Å²) in [5.41, 5.74) is 1.25. The zero-order valence-electron chi connectivity index (χ0n) is 15.4. The highest BCUT2D eigenvalue weighted by atomic mass is 32.1. The summed E-state index contributed by atoms with van der Waals surface area (Å²) in [7, 11) is 3.14. The molecule has 2 aromatic carbocycles. The van der Waals surface area contributed by atoms with E-state index in [1.807, 2.05) is 11.4 Å². The summed E-state index contributed by atoms with van der Waals surface area (Å²) in [5, 5.41) is 1.81. The molecule has 0 aliphatic rings. The number of methoxy groups -OCH3 is 2. The van der Waals surface area contributed by atoms with Gasteiger partial charge < -0.3 is 14.2 Å². The Bertz CT molecular complexity index is 988. The fourth-order valence-corrected chi connectivity index (χ4v) is 3.06. The highest BCUT2D eigenvalue weighted by molar-refractivity contribution is 7.12. The number of rotatable bonds is 7. The summed E-state index contributed by atoms with van der Waals surface area (Å²) in [4.78, 5) is 24.9. The maximum absolute atomic E-state index is 12.4. The normalized spacial score (nSPS) is 10.6. The molecule has 0 saturated heterocycles. The van der Waals surface area contributed by atoms with E-state index >= 15 is 0 Å². The Kier molecular flexibility index (Phi) is 6.24. The topological polar surface area (TPSA) is 61.8 Å². The zero-order chi connectivity index (χ0) is 19.9. The van der Waals surface area contributed by atoms with E-state index in [-0.39, 0.29) is 5.78 Å². The molecule has 0 unspecified atom stereocenters. The van der Waals surface area contributed by atoms with Crippen molar-refractivity contribution in [2.45, 2.75) is 0 Å². The number of benzene rings is 2. The molecule has 0 atom stereocenters. The third kappa shape index (κ3) is 4.66. The minimum atomic E-state index is -0.416. The molecule has 0 spiro atoms. The first kappa shape index (κ1) is 19.4. The molecule has 5 nitrogen and oxygen atoms in total. The largest absolute Gasteiger partial charge is 0.497 e. The number of thiophene rings is 1. The van der Waals surface area contributed by atoms with Gasteiger partial charge in [-0.15, -0.1) is 11.3 Å². The lowest BCUT2D eigenvalue weighted by Crippen LogP contribution is -2.06. The molecule has 142 valence electrons. The van der Waals surface area contributed by atoms with Crippen molar-refractivity contribution in [3.05, 3.63) is 82.1 Å². The van der Waals surface area contributed by atoms with Gasteiger partial charge in [0.15, 0.2) is 5.78 Å². The molecule has 0 N–H and O–H groups in total. The smallest absolute Gasteiger partial charge is 0.353 e. The first-order valence-corrected chi connectivity index (χ1v) is 9.29. The highest BCUT2D eigenvalue weighted by Gasteiger charge is 2.10. The molecule has 0 saturated carbocycles. The van der Waals surface area contributed by atoms with Gasteiger partial charge in [0.1, 0.15) is 22.1 Å². The Morgan fingerprint density at radius 1 is 0.929 bits per heavy atom. The number of esters is 1. The molecule has 0 aliphatic heterocycles. The van der Waals surface area contributed by atoms with Crippen molar-refractivity contribution in [3.8, 4) is 17.2 Å². The quantitative estimate of drug-likeness (QED) is 0.247. The van der Waals surface area contributed by atoms with Gasteiger partial charge in [0.05, 0.1) is 14.2 Å². The van der Waals surface area contributed by atoms with Gasteiger partial charge in [-0.3, -0.25) is 4.79 Å². The third-order valence-electron chi connectivity index (χ3n) is 3.93. The lowest BCUT2D eigenvalue weighted by molar-refractivity contribution is 0.0740. The average Bonchev–Trinajstić information content (AvgIpc) is 3.27. The third-order valence-corrected chi connectivity index (χ3v) is 4.78. The van der Waals surface area contributed by atoms with Gasteiger partial charge in [-0.05, 0) is 60.0 Å². The second-order valence-corrected chi connectivity index (χ2v) is 6.64. The van der Waals surface area contributed by atoms with Crippen molar-refractivity contribution < 1.29 is 23.8 Å². The van der Waals surface area contributed by atoms with Crippen molar-refractivity contribution in [2.24, 2.45) is 0 Å². The molecule has 28 heavy (non-hydrogen) atoms. The van der Waals surface area contributed by atoms with E-state index in [4.69, 9.17) is 14.2 Å². The molecule has 3 rings (SSSR count). The molecule has 0 fully saturated rings. The second kappa shape index (κ2) is 9.01. The Balaban J connectivity index is 1.68. The Labute approximate surface area is 166 Å². The van der Waals surface area contributed by atoms with Crippen molar-refractivity contribution >= 4 is 29.2 Å². The fourth-order valence-electron chi connectivity index (χ4n) is 2.46. The van der Waals surface area contributed by atoms with Crippen LogP contribution in [-0.4, -0.2) is 26.0 Å². The first-order chi connectivity index (χ1) is 13.6. The minimum absolute atomic E-state index is 0.172. The first-order valence-electron chi connectivity index (χ1n) is 8.41. The summed E-state index contributed by atoms with van der Waals surface area (Å²) in [6, 6.07) is 15.3. The van der Waals surface area contributed by atoms with Crippen LogP contribution in [0, 0.1) is 0 Å². The fraction of sp³-hybridized carbons (Fsp3) is 0.0909. The molecule has 0 amide bonds. The summed E-state index contributed by atoms with van der Waals surface area (Å²) < 4.78 is 15.8. The summed E-state index contributed by atoms with van der Waals surface area (Å²) in [5.74, 6) is 1.08. The van der Waals surface area contributed by atoms with Crippen molar-refractivity contribution in [1.29, 1.82) is 0 Å². The van der Waals surface area contributed by atoms with Crippen LogP contribution in [-0.2, 0) is 0 Å². The van der Waals surface area contributed by atoms with E-state index in [1.54, 1.807) is 68.8 Å².